The first-order chi connectivity index (χ1) is 14.9. The quantitative estimate of drug-likeness (QED) is 0.510. The molecule has 0 atom stereocenters. The predicted molar refractivity (Wildman–Crippen MR) is 114 cm³/mol. The highest BCUT2D eigenvalue weighted by molar-refractivity contribution is 7.18. The maximum atomic E-state index is 13.0. The van der Waals surface area contributed by atoms with Gasteiger partial charge in [-0.15, -0.1) is 21.5 Å². The molecule has 1 aliphatic carbocycles. The molecule has 1 amide bonds. The third kappa shape index (κ3) is 3.44. The highest BCUT2D eigenvalue weighted by Crippen LogP contribution is 2.43. The number of nitriles is 1. The number of nitrogens with zero attached hydrogens (tertiary/aromatic N) is 7. The topological polar surface area (TPSA) is 131 Å². The van der Waals surface area contributed by atoms with Crippen molar-refractivity contribution in [3.63, 3.8) is 0 Å². The highest BCUT2D eigenvalue weighted by atomic mass is 32.1. The molecule has 156 valence electrons. The van der Waals surface area contributed by atoms with Gasteiger partial charge in [-0.25, -0.2) is 9.67 Å². The summed E-state index contributed by atoms with van der Waals surface area (Å²) >= 11 is 1.41. The van der Waals surface area contributed by atoms with Gasteiger partial charge in [0.2, 0.25) is 5.91 Å². The zero-order chi connectivity index (χ0) is 21.7. The molecule has 10 nitrogen and oxygen atoms in total. The number of carbonyl (C=O) groups is 1. The number of amides is 1. The van der Waals surface area contributed by atoms with Gasteiger partial charge in [-0.3, -0.25) is 14.0 Å². The van der Waals surface area contributed by atoms with Crippen LogP contribution in [0.4, 0.5) is 5.69 Å². The molecule has 4 heterocycles. The Morgan fingerprint density at radius 2 is 2.23 bits per heavy atom. The van der Waals surface area contributed by atoms with E-state index in [0.29, 0.717) is 33.2 Å². The van der Waals surface area contributed by atoms with Crippen LogP contribution in [-0.2, 0) is 11.3 Å². The number of carbonyl (C=O) groups excluding carboxylic acids is 1. The number of thiazole rings is 1. The van der Waals surface area contributed by atoms with Crippen molar-refractivity contribution >= 4 is 38.8 Å². The van der Waals surface area contributed by atoms with Gasteiger partial charge >= 0.3 is 0 Å². The number of rotatable bonds is 5. The van der Waals surface area contributed by atoms with Crippen molar-refractivity contribution in [2.24, 2.45) is 0 Å². The summed E-state index contributed by atoms with van der Waals surface area (Å²) in [6, 6.07) is 3.56. The Bertz CT molecular complexity index is 1440. The van der Waals surface area contributed by atoms with E-state index in [-0.39, 0.29) is 23.6 Å². The third-order valence-electron chi connectivity index (χ3n) is 5.11. The summed E-state index contributed by atoms with van der Waals surface area (Å²) in [4.78, 5) is 30.4. The van der Waals surface area contributed by atoms with Crippen LogP contribution in [0.1, 0.15) is 54.8 Å². The molecule has 11 heteroatoms. The maximum absolute atomic E-state index is 13.0. The summed E-state index contributed by atoms with van der Waals surface area (Å²) in [7, 11) is 0. The molecule has 4 aromatic heterocycles. The SMILES string of the molecule is CC(C)c1nn(CC(=O)Nc2cc(C#N)c3nncn3c2)c(=O)c2sc(C3CC3)nc12. The second-order valence-electron chi connectivity index (χ2n) is 7.87. The van der Waals surface area contributed by atoms with Crippen LogP contribution in [0.3, 0.4) is 0 Å². The van der Waals surface area contributed by atoms with Crippen molar-refractivity contribution in [2.75, 3.05) is 5.32 Å². The lowest BCUT2D eigenvalue weighted by Crippen LogP contribution is -2.30. The average molecular weight is 434 g/mol. The van der Waals surface area contributed by atoms with Crippen molar-refractivity contribution in [3.8, 4) is 6.07 Å². The zero-order valence-electron chi connectivity index (χ0n) is 16.9. The van der Waals surface area contributed by atoms with Crippen LogP contribution in [0.5, 0.6) is 0 Å². The van der Waals surface area contributed by atoms with E-state index >= 15 is 0 Å². The first-order valence-corrected chi connectivity index (χ1v) is 10.7. The molecule has 0 aromatic carbocycles. The molecule has 1 N–H and O–H groups in total. The zero-order valence-corrected chi connectivity index (χ0v) is 17.7. The molecule has 0 unspecified atom stereocenters. The fourth-order valence-corrected chi connectivity index (χ4v) is 4.61. The molecule has 1 aliphatic rings. The Morgan fingerprint density at radius 3 is 2.94 bits per heavy atom. The molecule has 0 spiro atoms. The van der Waals surface area contributed by atoms with Crippen LogP contribution < -0.4 is 10.9 Å². The van der Waals surface area contributed by atoms with E-state index in [1.807, 2.05) is 19.9 Å². The molecular weight excluding hydrogens is 416 g/mol. The monoisotopic (exact) mass is 434 g/mol. The molecule has 31 heavy (non-hydrogen) atoms. The first kappa shape index (κ1) is 19.3. The largest absolute Gasteiger partial charge is 0.323 e. The van der Waals surface area contributed by atoms with Gasteiger partial charge in [-0.2, -0.15) is 10.4 Å². The lowest BCUT2D eigenvalue weighted by molar-refractivity contribution is -0.117. The van der Waals surface area contributed by atoms with Crippen LogP contribution in [0.25, 0.3) is 15.9 Å². The van der Waals surface area contributed by atoms with Crippen molar-refractivity contribution in [2.45, 2.75) is 45.1 Å². The van der Waals surface area contributed by atoms with Gasteiger partial charge in [0.25, 0.3) is 5.56 Å². The number of hydrogen-bond donors (Lipinski definition) is 1. The van der Waals surface area contributed by atoms with E-state index in [1.54, 1.807) is 10.6 Å². The Labute approximate surface area is 180 Å². The normalized spacial score (nSPS) is 13.7. The van der Waals surface area contributed by atoms with Crippen molar-refractivity contribution in [3.05, 3.63) is 45.2 Å². The molecule has 1 saturated carbocycles. The Hall–Kier alpha value is -3.65. The summed E-state index contributed by atoms with van der Waals surface area (Å²) in [6.07, 6.45) is 5.25. The maximum Gasteiger partial charge on any atom is 0.286 e. The number of nitrogens with one attached hydrogen (secondary N) is 1. The Kier molecular flexibility index (Phi) is 4.51. The van der Waals surface area contributed by atoms with Crippen molar-refractivity contribution in [1.29, 1.82) is 5.26 Å². The van der Waals surface area contributed by atoms with Crippen LogP contribution >= 0.6 is 11.3 Å². The molecule has 0 aliphatic heterocycles. The fourth-order valence-electron chi connectivity index (χ4n) is 3.42. The van der Waals surface area contributed by atoms with E-state index in [4.69, 9.17) is 0 Å². The van der Waals surface area contributed by atoms with E-state index in [2.05, 4.69) is 25.6 Å². The van der Waals surface area contributed by atoms with E-state index < -0.39 is 5.91 Å². The molecule has 1 fully saturated rings. The number of anilines is 1. The Morgan fingerprint density at radius 1 is 1.42 bits per heavy atom. The number of pyridine rings is 1. The van der Waals surface area contributed by atoms with Gasteiger partial charge in [-0.05, 0) is 24.8 Å². The number of fused-ring (bicyclic) bond motifs is 2. The second kappa shape index (κ2) is 7.24. The summed E-state index contributed by atoms with van der Waals surface area (Å²) in [5.74, 6) is 0.0725. The molecular formula is C20H18N8O2S. The van der Waals surface area contributed by atoms with Gasteiger partial charge in [0.1, 0.15) is 29.2 Å². The lowest BCUT2D eigenvalue weighted by atomic mass is 10.1. The lowest BCUT2D eigenvalue weighted by Gasteiger charge is -2.11. The van der Waals surface area contributed by atoms with Crippen LogP contribution in [0.15, 0.2) is 23.4 Å². The van der Waals surface area contributed by atoms with Crippen LogP contribution in [-0.4, -0.2) is 35.3 Å². The number of aromatic nitrogens is 6. The Balaban J connectivity index is 1.47. The van der Waals surface area contributed by atoms with Crippen LogP contribution in [0, 0.1) is 11.3 Å². The summed E-state index contributed by atoms with van der Waals surface area (Å²) < 4.78 is 3.30. The van der Waals surface area contributed by atoms with Gasteiger partial charge in [0.05, 0.1) is 22.0 Å². The summed E-state index contributed by atoms with van der Waals surface area (Å²) in [5.41, 5.74) is 2.14. The fraction of sp³-hybridized carbons (Fsp3) is 0.350. The second-order valence-corrected chi connectivity index (χ2v) is 8.90. The minimum absolute atomic E-state index is 0.0564. The first-order valence-electron chi connectivity index (χ1n) is 9.89. The highest BCUT2D eigenvalue weighted by Gasteiger charge is 2.29. The molecule has 0 radical (unpaired) electrons. The molecule has 0 bridgehead atoms. The predicted octanol–water partition coefficient (Wildman–Crippen LogP) is 2.41. The van der Waals surface area contributed by atoms with Crippen LogP contribution in [0.2, 0.25) is 0 Å². The van der Waals surface area contributed by atoms with Crippen molar-refractivity contribution < 1.29 is 4.79 Å². The molecule has 5 rings (SSSR count). The smallest absolute Gasteiger partial charge is 0.286 e. The van der Waals surface area contributed by atoms with E-state index in [0.717, 1.165) is 17.8 Å². The summed E-state index contributed by atoms with van der Waals surface area (Å²) in [6.45, 7) is 3.74. The van der Waals surface area contributed by atoms with Gasteiger partial charge in [0.15, 0.2) is 5.65 Å². The standard InChI is InChI=1S/C20H18N8O2S/c1-10(2)15-16-17(31-19(24-16)11-3-4-11)20(30)28(26-15)8-14(29)23-13-5-12(6-21)18-25-22-9-27(18)7-13/h5,7,9-11H,3-4,8H2,1-2H3,(H,23,29). The molecule has 0 saturated heterocycles. The van der Waals surface area contributed by atoms with Gasteiger partial charge in [-0.1, -0.05) is 13.8 Å². The minimum atomic E-state index is -0.424. The minimum Gasteiger partial charge on any atom is -0.323 e. The van der Waals surface area contributed by atoms with Gasteiger partial charge < -0.3 is 5.32 Å². The summed E-state index contributed by atoms with van der Waals surface area (Å²) in [5, 5.41) is 25.1. The number of hydrogen-bond acceptors (Lipinski definition) is 8. The van der Waals surface area contributed by atoms with E-state index in [1.165, 1.54) is 28.4 Å². The van der Waals surface area contributed by atoms with Gasteiger partial charge in [0, 0.05) is 12.1 Å². The van der Waals surface area contributed by atoms with E-state index in [9.17, 15) is 14.9 Å². The average Bonchev–Trinajstić information content (AvgIpc) is 3.30. The molecule has 4 aromatic rings. The van der Waals surface area contributed by atoms with Crippen molar-refractivity contribution in [1.82, 2.24) is 29.4 Å². The third-order valence-corrected chi connectivity index (χ3v) is 6.31.